The molecule has 0 bridgehead atoms. The summed E-state index contributed by atoms with van der Waals surface area (Å²) in [5.74, 6) is 0.152. The molecule has 1 aromatic carbocycles. The molecule has 0 aliphatic heterocycles. The summed E-state index contributed by atoms with van der Waals surface area (Å²) in [6.07, 6.45) is 7.48. The number of nitrogens with zero attached hydrogens (tertiary/aromatic N) is 5. The molecule has 0 unspecified atom stereocenters. The minimum atomic E-state index is -0.346. The van der Waals surface area contributed by atoms with Gasteiger partial charge in [-0.3, -0.25) is 9.48 Å². The average Bonchev–Trinajstić information content (AvgIpc) is 3.52. The van der Waals surface area contributed by atoms with Crippen molar-refractivity contribution in [3.63, 3.8) is 0 Å². The summed E-state index contributed by atoms with van der Waals surface area (Å²) in [5, 5.41) is 11.0. The number of imidazole rings is 1. The van der Waals surface area contributed by atoms with Gasteiger partial charge in [0.15, 0.2) is 11.5 Å². The zero-order chi connectivity index (χ0) is 21.4. The fourth-order valence-electron chi connectivity index (χ4n) is 3.43. The van der Waals surface area contributed by atoms with Gasteiger partial charge in [-0.25, -0.2) is 4.98 Å². The minimum Gasteiger partial charge on any atom is -0.355 e. The molecule has 0 spiro atoms. The molecule has 0 radical (unpaired) electrons. The summed E-state index contributed by atoms with van der Waals surface area (Å²) in [6, 6.07) is 13.2. The molecule has 1 amide bonds. The summed E-state index contributed by atoms with van der Waals surface area (Å²) < 4.78 is 9.10. The van der Waals surface area contributed by atoms with Gasteiger partial charge in [0, 0.05) is 42.5 Å². The molecule has 31 heavy (non-hydrogen) atoms. The van der Waals surface area contributed by atoms with Crippen LogP contribution in [0.5, 0.6) is 0 Å². The molecule has 0 aliphatic rings. The Morgan fingerprint density at radius 2 is 2.03 bits per heavy atom. The third kappa shape index (κ3) is 3.59. The second-order valence-electron chi connectivity index (χ2n) is 7.24. The molecule has 0 fully saturated rings. The Morgan fingerprint density at radius 3 is 2.84 bits per heavy atom. The quantitative estimate of drug-likeness (QED) is 0.461. The molecule has 4 aromatic heterocycles. The van der Waals surface area contributed by atoms with Crippen LogP contribution in [0, 0.1) is 6.92 Å². The second-order valence-corrected chi connectivity index (χ2v) is 7.24. The van der Waals surface area contributed by atoms with Gasteiger partial charge in [-0.1, -0.05) is 23.4 Å². The first kappa shape index (κ1) is 18.8. The highest BCUT2D eigenvalue weighted by Crippen LogP contribution is 2.24. The van der Waals surface area contributed by atoms with Crippen molar-refractivity contribution in [1.82, 2.24) is 24.3 Å². The number of aryl methyl sites for hydroxylation is 2. The highest BCUT2D eigenvalue weighted by Gasteiger charge is 2.15. The van der Waals surface area contributed by atoms with E-state index in [2.05, 4.69) is 15.6 Å². The number of amides is 1. The van der Waals surface area contributed by atoms with Crippen molar-refractivity contribution in [3.8, 4) is 22.6 Å². The van der Waals surface area contributed by atoms with Gasteiger partial charge in [-0.15, -0.1) is 0 Å². The lowest BCUT2D eigenvalue weighted by Crippen LogP contribution is -2.12. The van der Waals surface area contributed by atoms with Crippen LogP contribution < -0.4 is 5.32 Å². The lowest BCUT2D eigenvalue weighted by atomic mass is 10.1. The molecule has 0 saturated carbocycles. The topological polar surface area (TPSA) is 90.2 Å². The van der Waals surface area contributed by atoms with Gasteiger partial charge < -0.3 is 14.2 Å². The SMILES string of the molecule is CCn1cc(-c2cc(C(=O)Nc3cccc(-c4cn5cccc(C)c5n4)c3)no2)cn1. The summed E-state index contributed by atoms with van der Waals surface area (Å²) in [5.41, 5.74) is 5.39. The molecule has 154 valence electrons. The van der Waals surface area contributed by atoms with E-state index in [9.17, 15) is 4.79 Å². The number of hydrogen-bond donors (Lipinski definition) is 1. The summed E-state index contributed by atoms with van der Waals surface area (Å²) in [6.45, 7) is 4.78. The standard InChI is InChI=1S/C23H20N6O2/c1-3-29-13-17(12-24-29)21-11-19(27-31-21)23(30)25-18-8-4-7-16(10-18)20-14-28-9-5-6-15(2)22(28)26-20/h4-14H,3H2,1-2H3,(H,25,30). The molecule has 8 heteroatoms. The van der Waals surface area contributed by atoms with E-state index in [4.69, 9.17) is 9.51 Å². The predicted octanol–water partition coefficient (Wildman–Crippen LogP) is 4.43. The van der Waals surface area contributed by atoms with Gasteiger partial charge in [-0.2, -0.15) is 5.10 Å². The van der Waals surface area contributed by atoms with Gasteiger partial charge in [0.1, 0.15) is 5.65 Å². The molecule has 1 N–H and O–H groups in total. The van der Waals surface area contributed by atoms with E-state index in [1.165, 1.54) is 0 Å². The molecule has 0 atom stereocenters. The van der Waals surface area contributed by atoms with Crippen LogP contribution in [0.4, 0.5) is 5.69 Å². The van der Waals surface area contributed by atoms with Gasteiger partial charge in [0.25, 0.3) is 5.91 Å². The smallest absolute Gasteiger partial charge is 0.277 e. The molecule has 8 nitrogen and oxygen atoms in total. The Kier molecular flexibility index (Phi) is 4.59. The van der Waals surface area contributed by atoms with Crippen LogP contribution in [0.15, 0.2) is 71.8 Å². The number of fused-ring (bicyclic) bond motifs is 1. The first-order valence-electron chi connectivity index (χ1n) is 9.96. The number of carbonyl (C=O) groups is 1. The van der Waals surface area contributed by atoms with E-state index in [1.54, 1.807) is 16.9 Å². The van der Waals surface area contributed by atoms with E-state index in [-0.39, 0.29) is 11.6 Å². The third-order valence-corrected chi connectivity index (χ3v) is 5.08. The van der Waals surface area contributed by atoms with Crippen LogP contribution >= 0.6 is 0 Å². The van der Waals surface area contributed by atoms with E-state index in [0.717, 1.165) is 34.6 Å². The van der Waals surface area contributed by atoms with Crippen LogP contribution in [0.2, 0.25) is 0 Å². The van der Waals surface area contributed by atoms with Gasteiger partial charge in [0.2, 0.25) is 0 Å². The van der Waals surface area contributed by atoms with Crippen LogP contribution in [-0.4, -0.2) is 30.2 Å². The largest absolute Gasteiger partial charge is 0.355 e. The fraction of sp³-hybridized carbons (Fsp3) is 0.130. The molecular weight excluding hydrogens is 392 g/mol. The normalized spacial score (nSPS) is 11.2. The lowest BCUT2D eigenvalue weighted by Gasteiger charge is -2.04. The van der Waals surface area contributed by atoms with E-state index >= 15 is 0 Å². The van der Waals surface area contributed by atoms with Crippen LogP contribution in [-0.2, 0) is 6.54 Å². The number of anilines is 1. The van der Waals surface area contributed by atoms with E-state index < -0.39 is 0 Å². The Morgan fingerprint density at radius 1 is 1.13 bits per heavy atom. The van der Waals surface area contributed by atoms with E-state index in [1.807, 2.05) is 73.2 Å². The molecule has 0 saturated heterocycles. The fourth-order valence-corrected chi connectivity index (χ4v) is 3.43. The predicted molar refractivity (Wildman–Crippen MR) is 117 cm³/mol. The first-order valence-corrected chi connectivity index (χ1v) is 9.96. The minimum absolute atomic E-state index is 0.202. The lowest BCUT2D eigenvalue weighted by molar-refractivity contribution is 0.101. The molecule has 5 aromatic rings. The van der Waals surface area contributed by atoms with Gasteiger partial charge >= 0.3 is 0 Å². The number of pyridine rings is 1. The average molecular weight is 412 g/mol. The zero-order valence-electron chi connectivity index (χ0n) is 17.1. The number of nitrogens with one attached hydrogen (secondary N) is 1. The van der Waals surface area contributed by atoms with Crippen LogP contribution in [0.1, 0.15) is 23.0 Å². The van der Waals surface area contributed by atoms with Crippen molar-refractivity contribution in [2.75, 3.05) is 5.32 Å². The van der Waals surface area contributed by atoms with Crippen LogP contribution in [0.25, 0.3) is 28.2 Å². The molecule has 5 rings (SSSR count). The number of rotatable bonds is 5. The Hall–Kier alpha value is -4.20. The summed E-state index contributed by atoms with van der Waals surface area (Å²) in [7, 11) is 0. The van der Waals surface area contributed by atoms with Crippen molar-refractivity contribution >= 4 is 17.2 Å². The Bertz CT molecular complexity index is 1390. The molecular formula is C23H20N6O2. The number of hydrogen-bond acceptors (Lipinski definition) is 5. The Labute approximate surface area is 178 Å². The number of carbonyl (C=O) groups excluding carboxylic acids is 1. The van der Waals surface area contributed by atoms with E-state index in [0.29, 0.717) is 11.4 Å². The monoisotopic (exact) mass is 412 g/mol. The number of aromatic nitrogens is 5. The zero-order valence-corrected chi connectivity index (χ0v) is 17.1. The Balaban J connectivity index is 1.37. The van der Waals surface area contributed by atoms with Crippen LogP contribution in [0.3, 0.4) is 0 Å². The molecule has 0 aliphatic carbocycles. The maximum atomic E-state index is 12.7. The maximum Gasteiger partial charge on any atom is 0.277 e. The third-order valence-electron chi connectivity index (χ3n) is 5.08. The maximum absolute atomic E-state index is 12.7. The van der Waals surface area contributed by atoms with Crippen molar-refractivity contribution < 1.29 is 9.32 Å². The van der Waals surface area contributed by atoms with Crippen molar-refractivity contribution in [3.05, 3.63) is 78.5 Å². The highest BCUT2D eigenvalue weighted by molar-refractivity contribution is 6.03. The van der Waals surface area contributed by atoms with Crippen molar-refractivity contribution in [2.24, 2.45) is 0 Å². The van der Waals surface area contributed by atoms with Crippen molar-refractivity contribution in [1.29, 1.82) is 0 Å². The second kappa shape index (κ2) is 7.56. The summed E-state index contributed by atoms with van der Waals surface area (Å²) >= 11 is 0. The summed E-state index contributed by atoms with van der Waals surface area (Å²) in [4.78, 5) is 17.4. The van der Waals surface area contributed by atoms with Gasteiger partial charge in [-0.05, 0) is 37.6 Å². The first-order chi connectivity index (χ1) is 15.1. The highest BCUT2D eigenvalue weighted by atomic mass is 16.5. The number of benzene rings is 1. The van der Waals surface area contributed by atoms with Crippen molar-refractivity contribution in [2.45, 2.75) is 20.4 Å². The van der Waals surface area contributed by atoms with Gasteiger partial charge in [0.05, 0.1) is 17.5 Å². The molecule has 4 heterocycles.